The zero-order chi connectivity index (χ0) is 27.1. The largest absolute Gasteiger partial charge is 0.351 e. The van der Waals surface area contributed by atoms with Gasteiger partial charge in [-0.2, -0.15) is 0 Å². The molecule has 0 spiro atoms. The third kappa shape index (κ3) is 4.06. The number of anilines is 1. The minimum atomic E-state index is -0.0525. The predicted octanol–water partition coefficient (Wildman–Crippen LogP) is 6.11. The van der Waals surface area contributed by atoms with Crippen molar-refractivity contribution in [3.63, 3.8) is 0 Å². The molecule has 200 valence electrons. The number of nitrogens with zero attached hydrogens (tertiary/aromatic N) is 3. The summed E-state index contributed by atoms with van der Waals surface area (Å²) in [7, 11) is 4.13. The molecule has 1 unspecified atom stereocenters. The average molecular weight is 578 g/mol. The molecule has 3 aromatic carbocycles. The van der Waals surface area contributed by atoms with Crippen molar-refractivity contribution in [3.8, 4) is 0 Å². The molecular weight excluding hydrogens is 548 g/mol. The molecule has 0 radical (unpaired) electrons. The van der Waals surface area contributed by atoms with E-state index in [0.29, 0.717) is 39.9 Å². The van der Waals surface area contributed by atoms with Gasteiger partial charge < -0.3 is 14.8 Å². The number of amides is 2. The second-order valence-corrected chi connectivity index (χ2v) is 14.2. The van der Waals surface area contributed by atoms with E-state index in [4.69, 9.17) is 11.6 Å². The number of aryl methyl sites for hydroxylation is 1. The lowest BCUT2D eigenvalue weighted by molar-refractivity contribution is -0.126. The van der Waals surface area contributed by atoms with Gasteiger partial charge in [-0.15, -0.1) is 35.1 Å². The number of H-pyrrole nitrogens is 1. The number of likely N-dealkylation sites (N-methyl/N-ethyl adjacent to an activating group) is 1. The van der Waals surface area contributed by atoms with Crippen LogP contribution in [0.15, 0.2) is 54.6 Å². The first-order valence-corrected chi connectivity index (χ1v) is 15.8. The Balaban J connectivity index is 1.18. The van der Waals surface area contributed by atoms with E-state index in [1.54, 1.807) is 0 Å². The Morgan fingerprint density at radius 2 is 1.79 bits per heavy atom. The first-order valence-electron chi connectivity index (χ1n) is 13.2. The summed E-state index contributed by atoms with van der Waals surface area (Å²) in [6, 6.07) is 18.6. The maximum atomic E-state index is 13.9. The van der Waals surface area contributed by atoms with Gasteiger partial charge in [0.15, 0.2) is 6.54 Å². The molecule has 0 saturated carbocycles. The van der Waals surface area contributed by atoms with Gasteiger partial charge in [-0.05, 0) is 47.0 Å². The third-order valence-electron chi connectivity index (χ3n) is 8.34. The van der Waals surface area contributed by atoms with Gasteiger partial charge in [-0.1, -0.05) is 24.3 Å². The van der Waals surface area contributed by atoms with Crippen LogP contribution >= 0.6 is 35.1 Å². The number of carbonyl (C=O) groups is 2. The predicted molar refractivity (Wildman–Crippen MR) is 165 cm³/mol. The summed E-state index contributed by atoms with van der Waals surface area (Å²) in [5.41, 5.74) is 5.77. The molecule has 1 N–H and O–H groups in total. The quantitative estimate of drug-likeness (QED) is 0.177. The molecule has 0 bridgehead atoms. The van der Waals surface area contributed by atoms with Crippen LogP contribution in [0.25, 0.3) is 21.7 Å². The molecule has 2 fully saturated rings. The standard InChI is InChI=1S/C30H29ClN4O2S2/c1-17-10-25-27(22-7-5-4-6-21(17)22)19(13-31)14-33(25)28(37)24-12-18-11-20(8-9-23(18)32-24)35(2,3)15-26(36)34-29-30(34)39-16-38-29/h4-12,19,29-30H,13-16H2,1-3H3/p+1/t19-,29+,30?,34?/m1/s1. The van der Waals surface area contributed by atoms with Crippen molar-refractivity contribution in [2.45, 2.75) is 23.6 Å². The highest BCUT2D eigenvalue weighted by atomic mass is 35.5. The third-order valence-corrected chi connectivity index (χ3v) is 11.6. The fraction of sp³-hybridized carbons (Fsp3) is 0.333. The van der Waals surface area contributed by atoms with Crippen molar-refractivity contribution in [2.75, 3.05) is 43.0 Å². The van der Waals surface area contributed by atoms with E-state index >= 15 is 0 Å². The maximum absolute atomic E-state index is 13.9. The molecule has 3 aliphatic heterocycles. The number of hydrogen-bond acceptors (Lipinski definition) is 4. The Kier molecular flexibility index (Phi) is 5.97. The van der Waals surface area contributed by atoms with Crippen LogP contribution in [0.3, 0.4) is 0 Å². The molecule has 39 heavy (non-hydrogen) atoms. The van der Waals surface area contributed by atoms with E-state index in [2.05, 4.69) is 62.4 Å². The Morgan fingerprint density at radius 1 is 1.05 bits per heavy atom. The first-order chi connectivity index (χ1) is 18.8. The van der Waals surface area contributed by atoms with Crippen molar-refractivity contribution in [3.05, 3.63) is 71.4 Å². The number of benzene rings is 3. The number of halogens is 1. The fourth-order valence-electron chi connectivity index (χ4n) is 6.19. The van der Waals surface area contributed by atoms with Crippen LogP contribution in [0.5, 0.6) is 0 Å². The second kappa shape index (κ2) is 9.20. The summed E-state index contributed by atoms with van der Waals surface area (Å²) in [5.74, 6) is 0.690. The van der Waals surface area contributed by atoms with E-state index in [1.807, 2.05) is 51.5 Å². The molecule has 1 aromatic heterocycles. The van der Waals surface area contributed by atoms with Crippen LogP contribution in [0, 0.1) is 6.92 Å². The summed E-state index contributed by atoms with van der Waals surface area (Å²) < 4.78 is 0.456. The van der Waals surface area contributed by atoms with E-state index < -0.39 is 0 Å². The highest BCUT2D eigenvalue weighted by molar-refractivity contribution is 8.20. The van der Waals surface area contributed by atoms with Crippen molar-refractivity contribution < 1.29 is 9.59 Å². The van der Waals surface area contributed by atoms with Crippen LogP contribution in [0.1, 0.15) is 27.5 Å². The SMILES string of the molecule is Cc1cc2c(c3ccccc13)[C@H](CCl)CN2C(=O)c1cc2cc([N+](C)(C)CC(=O)N3C4SCS[C@@H]43)ccc2[nH]1. The average Bonchev–Trinajstić information content (AvgIpc) is 3.30. The van der Waals surface area contributed by atoms with Gasteiger partial charge in [0, 0.05) is 52.2 Å². The van der Waals surface area contributed by atoms with Crippen LogP contribution in [0.2, 0.25) is 0 Å². The smallest absolute Gasteiger partial charge is 0.280 e. The fourth-order valence-corrected chi connectivity index (χ4v) is 9.69. The molecule has 2 amide bonds. The van der Waals surface area contributed by atoms with E-state index in [1.165, 1.54) is 10.8 Å². The van der Waals surface area contributed by atoms with Crippen molar-refractivity contribution >= 4 is 80.0 Å². The molecule has 6 nitrogen and oxygen atoms in total. The van der Waals surface area contributed by atoms with Crippen molar-refractivity contribution in [1.82, 2.24) is 14.4 Å². The number of aromatic amines is 1. The lowest BCUT2D eigenvalue weighted by Gasteiger charge is -2.29. The molecule has 9 heteroatoms. The van der Waals surface area contributed by atoms with Gasteiger partial charge in [0.1, 0.15) is 22.1 Å². The summed E-state index contributed by atoms with van der Waals surface area (Å²) in [6.45, 7) is 3.07. The monoisotopic (exact) mass is 577 g/mol. The Labute approximate surface area is 241 Å². The number of quaternary nitrogens is 1. The molecule has 2 saturated heterocycles. The lowest BCUT2D eigenvalue weighted by atomic mass is 9.93. The number of alkyl halides is 1. The van der Waals surface area contributed by atoms with E-state index in [-0.39, 0.29) is 17.7 Å². The summed E-state index contributed by atoms with van der Waals surface area (Å²) in [6.07, 6.45) is 0. The highest BCUT2D eigenvalue weighted by Crippen LogP contribution is 2.53. The summed E-state index contributed by atoms with van der Waals surface area (Å²) >= 11 is 10.1. The highest BCUT2D eigenvalue weighted by Gasteiger charge is 2.56. The Bertz CT molecular complexity index is 1660. The number of aromatic nitrogens is 1. The number of fused-ring (bicyclic) bond motifs is 5. The van der Waals surface area contributed by atoms with Gasteiger partial charge in [-0.25, -0.2) is 0 Å². The maximum Gasteiger partial charge on any atom is 0.280 e. The van der Waals surface area contributed by atoms with Crippen LogP contribution in [-0.2, 0) is 4.79 Å². The zero-order valence-electron chi connectivity index (χ0n) is 22.1. The molecule has 3 aliphatic rings. The summed E-state index contributed by atoms with van der Waals surface area (Å²) in [4.78, 5) is 34.1. The minimum Gasteiger partial charge on any atom is -0.351 e. The Morgan fingerprint density at radius 3 is 2.54 bits per heavy atom. The molecule has 4 heterocycles. The van der Waals surface area contributed by atoms with Gasteiger partial charge in [-0.3, -0.25) is 14.1 Å². The Hall–Kier alpha value is -2.65. The van der Waals surface area contributed by atoms with Gasteiger partial charge in [0.05, 0.1) is 14.1 Å². The van der Waals surface area contributed by atoms with Gasteiger partial charge in [0.2, 0.25) is 0 Å². The van der Waals surface area contributed by atoms with Crippen LogP contribution in [-0.4, -0.2) is 70.6 Å². The minimum absolute atomic E-state index is 0.0525. The van der Waals surface area contributed by atoms with Gasteiger partial charge in [0.25, 0.3) is 11.8 Å². The van der Waals surface area contributed by atoms with E-state index in [0.717, 1.165) is 38.5 Å². The number of thioether (sulfide) groups is 2. The van der Waals surface area contributed by atoms with E-state index in [9.17, 15) is 9.59 Å². The number of carbonyl (C=O) groups excluding carboxylic acids is 2. The van der Waals surface area contributed by atoms with Crippen LogP contribution in [0.4, 0.5) is 11.4 Å². The topological polar surface area (TPSA) is 56.2 Å². The van der Waals surface area contributed by atoms with Crippen molar-refractivity contribution in [1.29, 1.82) is 0 Å². The zero-order valence-corrected chi connectivity index (χ0v) is 24.5. The van der Waals surface area contributed by atoms with Gasteiger partial charge >= 0.3 is 0 Å². The first kappa shape index (κ1) is 25.3. The second-order valence-electron chi connectivity index (χ2n) is 11.3. The number of hydrogen-bond donors (Lipinski definition) is 1. The van der Waals surface area contributed by atoms with Crippen LogP contribution < -0.4 is 9.38 Å². The molecule has 3 atom stereocenters. The summed E-state index contributed by atoms with van der Waals surface area (Å²) in [5, 5.41) is 5.14. The lowest BCUT2D eigenvalue weighted by Crippen LogP contribution is -2.47. The number of rotatable bonds is 5. The molecule has 4 aromatic rings. The molecular formula is C30H30ClN4O2S2+. The normalized spacial score (nSPS) is 22.0. The molecule has 7 rings (SSSR count). The molecule has 0 aliphatic carbocycles. The number of nitrogens with one attached hydrogen (secondary N) is 1. The van der Waals surface area contributed by atoms with Crippen molar-refractivity contribution in [2.24, 2.45) is 0 Å².